The van der Waals surface area contributed by atoms with Gasteiger partial charge in [-0.2, -0.15) is 0 Å². The van der Waals surface area contributed by atoms with E-state index in [2.05, 4.69) is 31.2 Å². The molecule has 0 fully saturated rings. The lowest BCUT2D eigenvalue weighted by atomic mass is 10.2. The summed E-state index contributed by atoms with van der Waals surface area (Å²) in [5, 5.41) is 13.2. The molecule has 2 aromatic rings. The fraction of sp³-hybridized carbons (Fsp3) is 0. The largest absolute Gasteiger partial charge is 0.290 e. The number of nitrogens with one attached hydrogen (secondary N) is 1. The first-order valence-electron chi connectivity index (χ1n) is 5.10. The third kappa shape index (κ3) is 3.10. The molecule has 1 amide bonds. The van der Waals surface area contributed by atoms with E-state index in [-0.39, 0.29) is 17.2 Å². The molecule has 1 heterocycles. The maximum absolute atomic E-state index is 11.9. The van der Waals surface area contributed by atoms with E-state index in [1.54, 1.807) is 6.07 Å². The first-order valence-corrected chi connectivity index (χ1v) is 5.89. The van der Waals surface area contributed by atoms with Gasteiger partial charge in [0.1, 0.15) is 0 Å². The molecule has 1 N–H and O–H groups in total. The van der Waals surface area contributed by atoms with E-state index >= 15 is 0 Å². The van der Waals surface area contributed by atoms with E-state index in [9.17, 15) is 14.9 Å². The molecule has 2 rings (SSSR count). The molecule has 1 aromatic heterocycles. The Morgan fingerprint density at radius 3 is 2.63 bits per heavy atom. The van der Waals surface area contributed by atoms with Crippen LogP contribution in [0.15, 0.2) is 41.1 Å². The number of carbonyl (C=O) groups is 1. The zero-order valence-electron chi connectivity index (χ0n) is 9.41. The van der Waals surface area contributed by atoms with Crippen LogP contribution in [0.3, 0.4) is 0 Å². The molecule has 96 valence electrons. The van der Waals surface area contributed by atoms with Gasteiger partial charge in [-0.25, -0.2) is 9.97 Å². The number of hydrogen-bond acceptors (Lipinski definition) is 5. The van der Waals surface area contributed by atoms with Crippen molar-refractivity contribution in [1.82, 2.24) is 9.97 Å². The standard InChI is InChI=1S/C11H7BrN4O3/c12-8-3-2-7(6-9(8)16(18)19)10(17)15-11-13-4-1-5-14-11/h1-6H,(H,13,14,15,17). The number of halogens is 1. The second kappa shape index (κ2) is 5.53. The van der Waals surface area contributed by atoms with Crippen LogP contribution in [-0.2, 0) is 0 Å². The van der Waals surface area contributed by atoms with Crippen molar-refractivity contribution in [2.24, 2.45) is 0 Å². The normalized spacial score (nSPS) is 9.95. The van der Waals surface area contributed by atoms with E-state index in [0.717, 1.165) is 0 Å². The Morgan fingerprint density at radius 1 is 1.32 bits per heavy atom. The van der Waals surface area contributed by atoms with Gasteiger partial charge >= 0.3 is 0 Å². The Labute approximate surface area is 116 Å². The van der Waals surface area contributed by atoms with E-state index in [1.807, 2.05) is 0 Å². The SMILES string of the molecule is O=C(Nc1ncccn1)c1ccc(Br)c([N+](=O)[O-])c1. The van der Waals surface area contributed by atoms with Crippen molar-refractivity contribution in [3.8, 4) is 0 Å². The van der Waals surface area contributed by atoms with Crippen LogP contribution in [0.25, 0.3) is 0 Å². The van der Waals surface area contributed by atoms with Crippen LogP contribution >= 0.6 is 15.9 Å². The molecule has 0 spiro atoms. The highest BCUT2D eigenvalue weighted by molar-refractivity contribution is 9.10. The van der Waals surface area contributed by atoms with Gasteiger partial charge in [-0.05, 0) is 34.1 Å². The van der Waals surface area contributed by atoms with E-state index < -0.39 is 10.8 Å². The highest BCUT2D eigenvalue weighted by Gasteiger charge is 2.16. The van der Waals surface area contributed by atoms with Crippen LogP contribution in [0.5, 0.6) is 0 Å². The highest BCUT2D eigenvalue weighted by Crippen LogP contribution is 2.25. The molecule has 19 heavy (non-hydrogen) atoms. The smallest absolute Gasteiger partial charge is 0.284 e. The second-order valence-electron chi connectivity index (χ2n) is 3.45. The van der Waals surface area contributed by atoms with Crippen molar-refractivity contribution in [2.45, 2.75) is 0 Å². The summed E-state index contributed by atoms with van der Waals surface area (Å²) in [7, 11) is 0. The maximum atomic E-state index is 11.9. The van der Waals surface area contributed by atoms with Crippen LogP contribution in [0.1, 0.15) is 10.4 Å². The summed E-state index contributed by atoms with van der Waals surface area (Å²) in [6, 6.07) is 5.71. The van der Waals surface area contributed by atoms with Crippen molar-refractivity contribution >= 4 is 33.5 Å². The Kier molecular flexibility index (Phi) is 3.81. The van der Waals surface area contributed by atoms with Gasteiger partial charge in [0, 0.05) is 24.0 Å². The first kappa shape index (κ1) is 13.1. The summed E-state index contributed by atoms with van der Waals surface area (Å²) in [5.74, 6) is -0.375. The summed E-state index contributed by atoms with van der Waals surface area (Å²) >= 11 is 3.05. The Bertz CT molecular complexity index is 633. The number of nitro groups is 1. The van der Waals surface area contributed by atoms with Crippen molar-refractivity contribution < 1.29 is 9.72 Å². The number of amides is 1. The van der Waals surface area contributed by atoms with Gasteiger partial charge in [0.2, 0.25) is 5.95 Å². The van der Waals surface area contributed by atoms with Crippen molar-refractivity contribution in [3.63, 3.8) is 0 Å². The fourth-order valence-electron chi connectivity index (χ4n) is 1.33. The predicted octanol–water partition coefficient (Wildman–Crippen LogP) is 2.40. The van der Waals surface area contributed by atoms with Crippen LogP contribution in [0, 0.1) is 10.1 Å². The number of aromatic nitrogens is 2. The molecule has 0 saturated carbocycles. The Hall–Kier alpha value is -2.35. The fourth-order valence-corrected chi connectivity index (χ4v) is 1.72. The number of anilines is 1. The van der Waals surface area contributed by atoms with Crippen molar-refractivity contribution in [2.75, 3.05) is 5.32 Å². The summed E-state index contributed by atoms with van der Waals surface area (Å²) < 4.78 is 0.310. The van der Waals surface area contributed by atoms with Gasteiger partial charge in [-0.15, -0.1) is 0 Å². The first-order chi connectivity index (χ1) is 9.08. The lowest BCUT2D eigenvalue weighted by molar-refractivity contribution is -0.385. The third-order valence-electron chi connectivity index (χ3n) is 2.20. The quantitative estimate of drug-likeness (QED) is 0.691. The summed E-state index contributed by atoms with van der Waals surface area (Å²) in [6.45, 7) is 0. The van der Waals surface area contributed by atoms with Crippen LogP contribution in [0.2, 0.25) is 0 Å². The average Bonchev–Trinajstić information content (AvgIpc) is 2.40. The molecule has 8 heteroatoms. The van der Waals surface area contributed by atoms with Gasteiger partial charge < -0.3 is 0 Å². The van der Waals surface area contributed by atoms with Crippen molar-refractivity contribution in [3.05, 3.63) is 56.8 Å². The number of nitro benzene ring substituents is 1. The lowest BCUT2D eigenvalue weighted by Gasteiger charge is -2.03. The molecule has 0 atom stereocenters. The topological polar surface area (TPSA) is 98.0 Å². The molecule has 0 aliphatic carbocycles. The molecule has 0 saturated heterocycles. The zero-order valence-corrected chi connectivity index (χ0v) is 11.0. The molecule has 0 radical (unpaired) electrons. The minimum Gasteiger partial charge on any atom is -0.290 e. The van der Waals surface area contributed by atoms with Crippen molar-refractivity contribution in [1.29, 1.82) is 0 Å². The van der Waals surface area contributed by atoms with Crippen LogP contribution < -0.4 is 5.32 Å². The molecule has 0 unspecified atom stereocenters. The number of nitrogens with zero attached hydrogens (tertiary/aromatic N) is 3. The molecular formula is C11H7BrN4O3. The second-order valence-corrected chi connectivity index (χ2v) is 4.30. The number of hydrogen-bond donors (Lipinski definition) is 1. The van der Waals surface area contributed by atoms with Crippen LogP contribution in [0.4, 0.5) is 11.6 Å². The van der Waals surface area contributed by atoms with Gasteiger partial charge in [0.25, 0.3) is 11.6 Å². The third-order valence-corrected chi connectivity index (χ3v) is 2.87. The monoisotopic (exact) mass is 322 g/mol. The maximum Gasteiger partial charge on any atom is 0.284 e. The lowest BCUT2D eigenvalue weighted by Crippen LogP contribution is -2.14. The summed E-state index contributed by atoms with van der Waals surface area (Å²) in [6.07, 6.45) is 2.96. The number of carbonyl (C=O) groups excluding carboxylic acids is 1. The van der Waals surface area contributed by atoms with Gasteiger partial charge in [0.15, 0.2) is 0 Å². The summed E-state index contributed by atoms with van der Waals surface area (Å²) in [5.41, 5.74) is -0.0241. The Morgan fingerprint density at radius 2 is 2.00 bits per heavy atom. The van der Waals surface area contributed by atoms with Gasteiger partial charge in [-0.3, -0.25) is 20.2 Å². The van der Waals surface area contributed by atoms with Crippen LogP contribution in [-0.4, -0.2) is 20.8 Å². The molecule has 1 aromatic carbocycles. The number of rotatable bonds is 3. The van der Waals surface area contributed by atoms with Gasteiger partial charge in [-0.1, -0.05) is 0 Å². The molecule has 0 aliphatic heterocycles. The molecular weight excluding hydrogens is 316 g/mol. The number of benzene rings is 1. The highest BCUT2D eigenvalue weighted by atomic mass is 79.9. The summed E-state index contributed by atoms with van der Waals surface area (Å²) in [4.78, 5) is 29.7. The predicted molar refractivity (Wildman–Crippen MR) is 70.8 cm³/mol. The van der Waals surface area contributed by atoms with E-state index in [4.69, 9.17) is 0 Å². The zero-order chi connectivity index (χ0) is 13.8. The van der Waals surface area contributed by atoms with Gasteiger partial charge in [0.05, 0.1) is 9.40 Å². The molecule has 7 nitrogen and oxygen atoms in total. The Balaban J connectivity index is 2.25. The van der Waals surface area contributed by atoms with E-state index in [0.29, 0.717) is 4.47 Å². The molecule has 0 bridgehead atoms. The molecule has 0 aliphatic rings. The minimum atomic E-state index is -0.570. The van der Waals surface area contributed by atoms with E-state index in [1.165, 1.54) is 30.6 Å². The minimum absolute atomic E-state index is 0.137. The average molecular weight is 323 g/mol.